The molecule has 1 N–H and O–H groups in total. The molecule has 2 amide bonds. The Kier molecular flexibility index (Phi) is 5.65. The van der Waals surface area contributed by atoms with Gasteiger partial charge in [0.1, 0.15) is 5.60 Å². The summed E-state index contributed by atoms with van der Waals surface area (Å²) in [5.41, 5.74) is -0.796. The molecule has 1 aliphatic rings. The van der Waals surface area contributed by atoms with E-state index >= 15 is 0 Å². The summed E-state index contributed by atoms with van der Waals surface area (Å²) in [6.07, 6.45) is 2.10. The van der Waals surface area contributed by atoms with Gasteiger partial charge in [-0.1, -0.05) is 27.7 Å². The zero-order valence-electron chi connectivity index (χ0n) is 14.3. The SMILES string of the molecule is CCC(C)(C)OC(=O)N1CCC(NC(=O)C(C)(C)C)CC1. The van der Waals surface area contributed by atoms with Crippen molar-refractivity contribution in [3.05, 3.63) is 0 Å². The van der Waals surface area contributed by atoms with Crippen LogP contribution in [0.25, 0.3) is 0 Å². The maximum absolute atomic E-state index is 12.1. The van der Waals surface area contributed by atoms with E-state index in [9.17, 15) is 9.59 Å². The fourth-order valence-corrected chi connectivity index (χ4v) is 1.98. The topological polar surface area (TPSA) is 58.6 Å². The summed E-state index contributed by atoms with van der Waals surface area (Å²) in [6, 6.07) is 0.153. The van der Waals surface area contributed by atoms with Crippen LogP contribution in [-0.2, 0) is 9.53 Å². The minimum atomic E-state index is -0.422. The van der Waals surface area contributed by atoms with Gasteiger partial charge in [0.2, 0.25) is 5.91 Å². The molecule has 1 saturated heterocycles. The van der Waals surface area contributed by atoms with Crippen molar-refractivity contribution in [1.82, 2.24) is 10.2 Å². The predicted octanol–water partition coefficient (Wildman–Crippen LogP) is 2.94. The smallest absolute Gasteiger partial charge is 0.410 e. The largest absolute Gasteiger partial charge is 0.443 e. The van der Waals surface area contributed by atoms with Gasteiger partial charge in [0.05, 0.1) is 0 Å². The molecule has 122 valence electrons. The summed E-state index contributed by atoms with van der Waals surface area (Å²) in [6.45, 7) is 12.8. The Morgan fingerprint density at radius 1 is 1.14 bits per heavy atom. The molecular formula is C16H30N2O3. The summed E-state index contributed by atoms with van der Waals surface area (Å²) in [7, 11) is 0. The second kappa shape index (κ2) is 6.67. The average molecular weight is 298 g/mol. The number of ether oxygens (including phenoxy) is 1. The van der Waals surface area contributed by atoms with E-state index in [0.29, 0.717) is 13.1 Å². The third-order valence-electron chi connectivity index (χ3n) is 3.98. The maximum Gasteiger partial charge on any atom is 0.410 e. The Hall–Kier alpha value is -1.26. The molecule has 0 aromatic carbocycles. The molecule has 0 aliphatic carbocycles. The molecule has 0 aromatic heterocycles. The minimum absolute atomic E-state index is 0.0654. The monoisotopic (exact) mass is 298 g/mol. The van der Waals surface area contributed by atoms with E-state index in [1.54, 1.807) is 4.90 Å². The van der Waals surface area contributed by atoms with E-state index in [0.717, 1.165) is 19.3 Å². The van der Waals surface area contributed by atoms with Crippen LogP contribution in [0, 0.1) is 5.41 Å². The van der Waals surface area contributed by atoms with Gasteiger partial charge in [0.25, 0.3) is 0 Å². The van der Waals surface area contributed by atoms with Crippen molar-refractivity contribution >= 4 is 12.0 Å². The number of piperidine rings is 1. The van der Waals surface area contributed by atoms with Crippen LogP contribution >= 0.6 is 0 Å². The number of carbonyl (C=O) groups is 2. The number of hydrogen-bond acceptors (Lipinski definition) is 3. The van der Waals surface area contributed by atoms with Gasteiger partial charge in [0.15, 0.2) is 0 Å². The number of nitrogens with one attached hydrogen (secondary N) is 1. The van der Waals surface area contributed by atoms with Crippen molar-refractivity contribution in [3.8, 4) is 0 Å². The second-order valence-corrected chi connectivity index (χ2v) is 7.47. The maximum atomic E-state index is 12.1. The fraction of sp³-hybridized carbons (Fsp3) is 0.875. The zero-order valence-corrected chi connectivity index (χ0v) is 14.3. The zero-order chi connectivity index (χ0) is 16.3. The lowest BCUT2D eigenvalue weighted by molar-refractivity contribution is -0.129. The molecule has 1 rings (SSSR count). The standard InChI is InChI=1S/C16H30N2O3/c1-7-16(5,6)21-14(20)18-10-8-12(9-11-18)17-13(19)15(2,3)4/h12H,7-11H2,1-6H3,(H,17,19). The Bertz CT molecular complexity index is 377. The molecule has 0 saturated carbocycles. The first-order chi connectivity index (χ1) is 9.55. The van der Waals surface area contributed by atoms with E-state index in [4.69, 9.17) is 4.74 Å². The molecule has 5 nitrogen and oxygen atoms in total. The first-order valence-electron chi connectivity index (χ1n) is 7.84. The van der Waals surface area contributed by atoms with Crippen LogP contribution in [0.4, 0.5) is 4.79 Å². The molecule has 1 fully saturated rings. The van der Waals surface area contributed by atoms with Crippen LogP contribution < -0.4 is 5.32 Å². The third-order valence-corrected chi connectivity index (χ3v) is 3.98. The molecule has 5 heteroatoms. The number of carbonyl (C=O) groups excluding carboxylic acids is 2. The second-order valence-electron chi connectivity index (χ2n) is 7.47. The molecule has 1 heterocycles. The van der Waals surface area contributed by atoms with E-state index in [-0.39, 0.29) is 23.5 Å². The van der Waals surface area contributed by atoms with Gasteiger partial charge < -0.3 is 15.0 Å². The van der Waals surface area contributed by atoms with Crippen molar-refractivity contribution in [2.75, 3.05) is 13.1 Å². The Balaban J connectivity index is 2.42. The van der Waals surface area contributed by atoms with E-state index in [1.165, 1.54) is 0 Å². The van der Waals surface area contributed by atoms with Crippen molar-refractivity contribution in [3.63, 3.8) is 0 Å². The molecule has 0 unspecified atom stereocenters. The van der Waals surface area contributed by atoms with Crippen LogP contribution in [0.1, 0.15) is 60.8 Å². The number of likely N-dealkylation sites (tertiary alicyclic amines) is 1. The van der Waals surface area contributed by atoms with Gasteiger partial charge >= 0.3 is 6.09 Å². The van der Waals surface area contributed by atoms with Crippen LogP contribution in [0.2, 0.25) is 0 Å². The van der Waals surface area contributed by atoms with Crippen molar-refractivity contribution in [2.24, 2.45) is 5.41 Å². The normalized spacial score (nSPS) is 17.5. The lowest BCUT2D eigenvalue weighted by Crippen LogP contribution is -2.49. The molecule has 0 radical (unpaired) electrons. The summed E-state index contributed by atoms with van der Waals surface area (Å²) < 4.78 is 5.50. The van der Waals surface area contributed by atoms with Crippen LogP contribution in [0.15, 0.2) is 0 Å². The van der Waals surface area contributed by atoms with Gasteiger partial charge in [0, 0.05) is 24.5 Å². The Morgan fingerprint density at radius 3 is 2.10 bits per heavy atom. The Labute approximate surface area is 128 Å². The number of nitrogens with zero attached hydrogens (tertiary/aromatic N) is 1. The van der Waals surface area contributed by atoms with Crippen molar-refractivity contribution in [2.45, 2.75) is 72.4 Å². The Morgan fingerprint density at radius 2 is 1.67 bits per heavy atom. The van der Waals surface area contributed by atoms with Crippen LogP contribution in [-0.4, -0.2) is 41.6 Å². The van der Waals surface area contributed by atoms with Gasteiger partial charge in [-0.15, -0.1) is 0 Å². The first-order valence-corrected chi connectivity index (χ1v) is 7.84. The number of amides is 2. The summed E-state index contributed by atoms with van der Waals surface area (Å²) in [5.74, 6) is 0.0654. The number of rotatable bonds is 3. The lowest BCUT2D eigenvalue weighted by atomic mass is 9.94. The quantitative estimate of drug-likeness (QED) is 0.871. The average Bonchev–Trinajstić information content (AvgIpc) is 2.38. The van der Waals surface area contributed by atoms with Crippen molar-refractivity contribution < 1.29 is 14.3 Å². The molecule has 0 aromatic rings. The molecular weight excluding hydrogens is 268 g/mol. The third kappa shape index (κ3) is 5.56. The molecule has 0 atom stereocenters. The highest BCUT2D eigenvalue weighted by molar-refractivity contribution is 5.81. The van der Waals surface area contributed by atoms with Gasteiger partial charge in [-0.2, -0.15) is 0 Å². The highest BCUT2D eigenvalue weighted by Gasteiger charge is 2.30. The van der Waals surface area contributed by atoms with Gasteiger partial charge in [-0.05, 0) is 33.1 Å². The minimum Gasteiger partial charge on any atom is -0.443 e. The lowest BCUT2D eigenvalue weighted by Gasteiger charge is -2.35. The van der Waals surface area contributed by atoms with Crippen molar-refractivity contribution in [1.29, 1.82) is 0 Å². The highest BCUT2D eigenvalue weighted by Crippen LogP contribution is 2.19. The fourth-order valence-electron chi connectivity index (χ4n) is 1.98. The van der Waals surface area contributed by atoms with Gasteiger partial charge in [-0.25, -0.2) is 4.79 Å². The van der Waals surface area contributed by atoms with Gasteiger partial charge in [-0.3, -0.25) is 4.79 Å². The van der Waals surface area contributed by atoms with E-state index in [1.807, 2.05) is 41.5 Å². The van der Waals surface area contributed by atoms with E-state index < -0.39 is 5.60 Å². The molecule has 0 bridgehead atoms. The summed E-state index contributed by atoms with van der Waals surface area (Å²) in [4.78, 5) is 25.8. The molecule has 0 spiro atoms. The summed E-state index contributed by atoms with van der Waals surface area (Å²) >= 11 is 0. The first kappa shape index (κ1) is 17.8. The molecule has 21 heavy (non-hydrogen) atoms. The predicted molar refractivity (Wildman–Crippen MR) is 83.0 cm³/mol. The van der Waals surface area contributed by atoms with Crippen LogP contribution in [0.5, 0.6) is 0 Å². The molecule has 1 aliphatic heterocycles. The van der Waals surface area contributed by atoms with E-state index in [2.05, 4.69) is 5.32 Å². The highest BCUT2D eigenvalue weighted by atomic mass is 16.6. The number of hydrogen-bond donors (Lipinski definition) is 1. The van der Waals surface area contributed by atoms with Crippen LogP contribution in [0.3, 0.4) is 0 Å². The summed E-state index contributed by atoms with van der Waals surface area (Å²) in [5, 5.41) is 3.06.